The molecule has 0 saturated heterocycles. The van der Waals surface area contributed by atoms with Gasteiger partial charge in [-0.05, 0) is 44.1 Å². The third kappa shape index (κ3) is 2.47. The Morgan fingerprint density at radius 3 is 2.85 bits per heavy atom. The van der Waals surface area contributed by atoms with Crippen LogP contribution in [0.4, 0.5) is 4.39 Å². The van der Waals surface area contributed by atoms with Crippen LogP contribution in [0.2, 0.25) is 6.32 Å². The van der Waals surface area contributed by atoms with E-state index in [1.807, 2.05) is 0 Å². The summed E-state index contributed by atoms with van der Waals surface area (Å²) in [4.78, 5) is 11.5. The van der Waals surface area contributed by atoms with Gasteiger partial charge in [0, 0.05) is 6.04 Å². The lowest BCUT2D eigenvalue weighted by molar-refractivity contribution is -0.145. The molecule has 0 heterocycles. The number of alkyl halides is 1. The number of carbonyl (C=O) groups is 1. The normalized spacial score (nSPS) is 43.5. The van der Waals surface area contributed by atoms with Gasteiger partial charge in [-0.3, -0.25) is 4.79 Å². The summed E-state index contributed by atoms with van der Waals surface area (Å²) in [5.41, 5.74) is 4.81. The minimum Gasteiger partial charge on any atom is -0.480 e. The van der Waals surface area contributed by atoms with Crippen molar-refractivity contribution in [3.63, 3.8) is 0 Å². The molecule has 7 heteroatoms. The summed E-state index contributed by atoms with van der Waals surface area (Å²) in [6.07, 6.45) is 1.85. The molecule has 114 valence electrons. The average molecular weight is 286 g/mol. The first kappa shape index (κ1) is 15.7. The molecule has 0 amide bonds. The second-order valence-electron chi connectivity index (χ2n) is 6.29. The Morgan fingerprint density at radius 1 is 1.60 bits per heavy atom. The maximum Gasteiger partial charge on any atom is 0.323 e. The van der Waals surface area contributed by atoms with E-state index in [9.17, 15) is 14.3 Å². The van der Waals surface area contributed by atoms with Gasteiger partial charge in [-0.1, -0.05) is 12.7 Å². The number of fused-ring (bicyclic) bond motifs is 1. The van der Waals surface area contributed by atoms with E-state index in [0.29, 0.717) is 32.0 Å². The van der Waals surface area contributed by atoms with Crippen molar-refractivity contribution >= 4 is 13.5 Å². The lowest BCUT2D eigenvalue weighted by Crippen LogP contribution is -2.53. The highest BCUT2D eigenvalue weighted by atomic mass is 19.1. The van der Waals surface area contributed by atoms with Gasteiger partial charge in [0.05, 0.1) is 0 Å². The lowest BCUT2D eigenvalue weighted by Gasteiger charge is -2.32. The summed E-state index contributed by atoms with van der Waals surface area (Å²) in [5.74, 6) is -1.59. The number of carboxylic acid groups (broad SMARTS) is 1. The summed E-state index contributed by atoms with van der Waals surface area (Å²) in [6, 6.07) is -0.191. The Kier molecular flexibility index (Phi) is 4.71. The second kappa shape index (κ2) is 5.99. The lowest BCUT2D eigenvalue weighted by atomic mass is 9.76. The van der Waals surface area contributed by atoms with Crippen molar-refractivity contribution < 1.29 is 19.3 Å². The summed E-state index contributed by atoms with van der Waals surface area (Å²) in [5, 5.41) is 21.3. The number of aliphatic carboxylic acids is 1. The van der Waals surface area contributed by atoms with Gasteiger partial charge in [0.15, 0.2) is 0 Å². The zero-order valence-electron chi connectivity index (χ0n) is 11.9. The first-order valence-electron chi connectivity index (χ1n) is 7.40. The third-order valence-electron chi connectivity index (χ3n) is 5.27. The molecule has 0 aromatic heterocycles. The fourth-order valence-electron chi connectivity index (χ4n) is 4.29. The van der Waals surface area contributed by atoms with Crippen LogP contribution in [0.5, 0.6) is 0 Å². The number of carboxylic acids is 1. The van der Waals surface area contributed by atoms with Crippen molar-refractivity contribution in [1.29, 1.82) is 0 Å². The smallest absolute Gasteiger partial charge is 0.323 e. The summed E-state index contributed by atoms with van der Waals surface area (Å²) >= 11 is 0. The molecule has 5 N–H and O–H groups in total. The molecule has 5 nitrogen and oxygen atoms in total. The van der Waals surface area contributed by atoms with E-state index in [4.69, 9.17) is 10.8 Å². The molecule has 2 saturated carbocycles. The molecule has 20 heavy (non-hydrogen) atoms. The molecule has 2 aliphatic carbocycles. The van der Waals surface area contributed by atoms with Crippen molar-refractivity contribution in [3.8, 4) is 0 Å². The highest BCUT2D eigenvalue weighted by Crippen LogP contribution is 2.54. The number of rotatable bonds is 6. The molecule has 0 spiro atoms. The topological polar surface area (TPSA) is 95.6 Å². The third-order valence-corrected chi connectivity index (χ3v) is 5.27. The molecule has 0 radical (unpaired) electrons. The summed E-state index contributed by atoms with van der Waals surface area (Å²) in [6.45, 7) is 0. The number of halogens is 1. The van der Waals surface area contributed by atoms with Crippen LogP contribution in [-0.2, 0) is 4.79 Å². The predicted octanol–water partition coefficient (Wildman–Crippen LogP) is -0.107. The van der Waals surface area contributed by atoms with E-state index in [-0.39, 0.29) is 31.3 Å². The van der Waals surface area contributed by atoms with Crippen LogP contribution in [0.25, 0.3) is 0 Å². The Morgan fingerprint density at radius 2 is 2.30 bits per heavy atom. The maximum absolute atomic E-state index is 14.5. The highest BCUT2D eigenvalue weighted by Gasteiger charge is 2.61. The van der Waals surface area contributed by atoms with E-state index < -0.39 is 17.7 Å². The largest absolute Gasteiger partial charge is 0.480 e. The molecule has 2 fully saturated rings. The molecule has 6 atom stereocenters. The van der Waals surface area contributed by atoms with Crippen LogP contribution in [0.15, 0.2) is 0 Å². The van der Waals surface area contributed by atoms with Crippen molar-refractivity contribution in [2.24, 2.45) is 23.5 Å². The predicted molar refractivity (Wildman–Crippen MR) is 75.4 cm³/mol. The van der Waals surface area contributed by atoms with Gasteiger partial charge < -0.3 is 21.2 Å². The molecule has 0 aromatic carbocycles. The van der Waals surface area contributed by atoms with Crippen molar-refractivity contribution in [1.82, 2.24) is 5.32 Å². The monoisotopic (exact) mass is 286 g/mol. The molecular formula is C13H24BFN2O3. The van der Waals surface area contributed by atoms with Crippen molar-refractivity contribution in [3.05, 3.63) is 0 Å². The standard InChI is InChI=1S/C13H24BFN2O3/c1-17-9-5-7-6-13(16,12(18)19)8(3-2-4-14-20)10(7)11(9)15/h7-11,14,17,20H,2-6,16H2,1H3,(H,18,19). The van der Waals surface area contributed by atoms with Crippen LogP contribution in [0.3, 0.4) is 0 Å². The number of nitrogens with one attached hydrogen (secondary N) is 1. The number of nitrogens with two attached hydrogens (primary N) is 1. The van der Waals surface area contributed by atoms with Crippen molar-refractivity contribution in [2.75, 3.05) is 7.05 Å². The average Bonchev–Trinajstić information content (AvgIpc) is 2.85. The Bertz CT molecular complexity index is 374. The van der Waals surface area contributed by atoms with E-state index >= 15 is 0 Å². The summed E-state index contributed by atoms with van der Waals surface area (Å²) in [7, 11) is 1.82. The van der Waals surface area contributed by atoms with E-state index in [0.717, 1.165) is 0 Å². The van der Waals surface area contributed by atoms with Crippen LogP contribution < -0.4 is 11.1 Å². The first-order chi connectivity index (χ1) is 9.45. The Labute approximate surface area is 119 Å². The molecule has 6 unspecified atom stereocenters. The maximum atomic E-state index is 14.5. The number of hydrogen-bond acceptors (Lipinski definition) is 4. The van der Waals surface area contributed by atoms with E-state index in [1.165, 1.54) is 0 Å². The van der Waals surface area contributed by atoms with E-state index in [1.54, 1.807) is 7.05 Å². The van der Waals surface area contributed by atoms with Gasteiger partial charge in [-0.15, -0.1) is 0 Å². The van der Waals surface area contributed by atoms with Gasteiger partial charge >= 0.3 is 5.97 Å². The van der Waals surface area contributed by atoms with Gasteiger partial charge in [-0.2, -0.15) is 0 Å². The molecule has 0 aliphatic heterocycles. The van der Waals surface area contributed by atoms with Crippen LogP contribution in [0.1, 0.15) is 25.7 Å². The SMILES string of the molecule is CNC1CC2CC(N)(C(=O)O)C(CCCBO)C2C1F. The van der Waals surface area contributed by atoms with Gasteiger partial charge in [0.2, 0.25) is 0 Å². The van der Waals surface area contributed by atoms with Crippen molar-refractivity contribution in [2.45, 2.75) is 49.8 Å². The van der Waals surface area contributed by atoms with Crippen LogP contribution in [0, 0.1) is 17.8 Å². The zero-order chi connectivity index (χ0) is 14.9. The molecule has 2 aliphatic rings. The highest BCUT2D eigenvalue weighted by molar-refractivity contribution is 6.25. The zero-order valence-corrected chi connectivity index (χ0v) is 11.9. The van der Waals surface area contributed by atoms with Crippen LogP contribution >= 0.6 is 0 Å². The van der Waals surface area contributed by atoms with E-state index in [2.05, 4.69) is 5.32 Å². The fraction of sp³-hybridized carbons (Fsp3) is 0.923. The minimum absolute atomic E-state index is 0.0441. The Hall–Kier alpha value is -0.655. The second-order valence-corrected chi connectivity index (χ2v) is 6.29. The van der Waals surface area contributed by atoms with Gasteiger partial charge in [0.25, 0.3) is 7.48 Å². The molecule has 2 rings (SSSR count). The molecular weight excluding hydrogens is 262 g/mol. The number of hydrogen-bond donors (Lipinski definition) is 4. The minimum atomic E-state index is -1.31. The quantitative estimate of drug-likeness (QED) is 0.404. The van der Waals surface area contributed by atoms with Crippen LogP contribution in [-0.4, -0.2) is 48.4 Å². The van der Waals surface area contributed by atoms with Gasteiger partial charge in [0.1, 0.15) is 11.7 Å². The molecule has 0 bridgehead atoms. The fourth-order valence-corrected chi connectivity index (χ4v) is 4.29. The summed E-state index contributed by atoms with van der Waals surface area (Å²) < 4.78 is 14.5. The first-order valence-corrected chi connectivity index (χ1v) is 7.40. The van der Waals surface area contributed by atoms with Gasteiger partial charge in [-0.25, -0.2) is 4.39 Å². The molecule has 0 aromatic rings. The Balaban J connectivity index is 2.17.